The molecule has 0 aliphatic heterocycles. The third-order valence-electron chi connectivity index (χ3n) is 4.56. The summed E-state index contributed by atoms with van der Waals surface area (Å²) in [6.07, 6.45) is 9.05. The lowest BCUT2D eigenvalue weighted by atomic mass is 9.86. The van der Waals surface area contributed by atoms with Crippen LogP contribution in [0, 0.1) is 5.92 Å². The minimum atomic E-state index is -0.770. The van der Waals surface area contributed by atoms with Crippen LogP contribution < -0.4 is 5.73 Å². The summed E-state index contributed by atoms with van der Waals surface area (Å²) in [4.78, 5) is 11.8. The number of esters is 1. The van der Waals surface area contributed by atoms with Crippen LogP contribution in [0.25, 0.3) is 0 Å². The molecule has 2 unspecified atom stereocenters. The highest BCUT2D eigenvalue weighted by Gasteiger charge is 2.46. The molecule has 2 N–H and O–H groups in total. The molecule has 0 heterocycles. The molecule has 2 saturated carbocycles. The van der Waals surface area contributed by atoms with Crippen LogP contribution in [0.15, 0.2) is 0 Å². The summed E-state index contributed by atoms with van der Waals surface area (Å²) in [6, 6.07) is 0. The van der Waals surface area contributed by atoms with E-state index in [0.29, 0.717) is 6.10 Å². The van der Waals surface area contributed by atoms with Gasteiger partial charge in [0.2, 0.25) is 0 Å². The molecule has 0 amide bonds. The maximum absolute atomic E-state index is 11.8. The van der Waals surface area contributed by atoms with Crippen LogP contribution in [0.3, 0.4) is 0 Å². The molecule has 4 nitrogen and oxygen atoms in total. The van der Waals surface area contributed by atoms with Crippen molar-refractivity contribution in [3.05, 3.63) is 0 Å². The highest BCUT2D eigenvalue weighted by molar-refractivity contribution is 5.81. The molecule has 2 atom stereocenters. The predicted octanol–water partition coefficient (Wildman–Crippen LogP) is 2.01. The van der Waals surface area contributed by atoms with E-state index >= 15 is 0 Å². The lowest BCUT2D eigenvalue weighted by Crippen LogP contribution is -2.52. The Morgan fingerprint density at radius 3 is 2.67 bits per heavy atom. The first-order chi connectivity index (χ1) is 8.66. The third kappa shape index (κ3) is 2.86. The minimum Gasteiger partial charge on any atom is -0.468 e. The molecule has 0 aromatic carbocycles. The van der Waals surface area contributed by atoms with Gasteiger partial charge in [-0.2, -0.15) is 0 Å². The number of hydrogen-bond acceptors (Lipinski definition) is 4. The van der Waals surface area contributed by atoms with E-state index in [1.807, 2.05) is 0 Å². The second kappa shape index (κ2) is 6.02. The molecule has 2 fully saturated rings. The van der Waals surface area contributed by atoms with Gasteiger partial charge in [0.15, 0.2) is 0 Å². The largest absolute Gasteiger partial charge is 0.468 e. The molecule has 4 heteroatoms. The van der Waals surface area contributed by atoms with Crippen molar-refractivity contribution in [2.45, 2.75) is 63.0 Å². The lowest BCUT2D eigenvalue weighted by Gasteiger charge is -2.28. The number of carbonyl (C=O) groups excluding carboxylic acids is 1. The summed E-state index contributed by atoms with van der Waals surface area (Å²) >= 11 is 0. The highest BCUT2D eigenvalue weighted by atomic mass is 16.5. The number of carbonyl (C=O) groups is 1. The van der Waals surface area contributed by atoms with E-state index in [0.717, 1.165) is 32.3 Å². The van der Waals surface area contributed by atoms with Crippen molar-refractivity contribution in [3.8, 4) is 0 Å². The van der Waals surface area contributed by atoms with Crippen LogP contribution in [0.1, 0.15) is 51.4 Å². The average Bonchev–Trinajstić information content (AvgIpc) is 3.00. The minimum absolute atomic E-state index is 0.214. The van der Waals surface area contributed by atoms with Crippen molar-refractivity contribution in [2.75, 3.05) is 13.7 Å². The van der Waals surface area contributed by atoms with Gasteiger partial charge >= 0.3 is 5.97 Å². The Bertz CT molecular complexity index is 289. The Hall–Kier alpha value is -0.610. The fraction of sp³-hybridized carbons (Fsp3) is 0.929. The maximum atomic E-state index is 11.8. The predicted molar refractivity (Wildman–Crippen MR) is 69.1 cm³/mol. The molecule has 2 aliphatic carbocycles. The van der Waals surface area contributed by atoms with Gasteiger partial charge in [-0.15, -0.1) is 0 Å². The Morgan fingerprint density at radius 2 is 2.00 bits per heavy atom. The Kier molecular flexibility index (Phi) is 4.62. The summed E-state index contributed by atoms with van der Waals surface area (Å²) in [5.74, 6) is -0.0442. The van der Waals surface area contributed by atoms with Crippen LogP contribution >= 0.6 is 0 Å². The van der Waals surface area contributed by atoms with Gasteiger partial charge in [-0.05, 0) is 38.0 Å². The van der Waals surface area contributed by atoms with Gasteiger partial charge in [0.25, 0.3) is 0 Å². The second-order valence-electron chi connectivity index (χ2n) is 5.69. The summed E-state index contributed by atoms with van der Waals surface area (Å²) < 4.78 is 10.7. The number of ether oxygens (including phenoxy) is 2. The Labute approximate surface area is 109 Å². The third-order valence-corrected chi connectivity index (χ3v) is 4.56. The summed E-state index contributed by atoms with van der Waals surface area (Å²) in [5.41, 5.74) is 5.45. The average molecular weight is 255 g/mol. The molecular weight excluding hydrogens is 230 g/mol. The van der Waals surface area contributed by atoms with E-state index in [1.54, 1.807) is 0 Å². The van der Waals surface area contributed by atoms with E-state index in [4.69, 9.17) is 15.2 Å². The maximum Gasteiger partial charge on any atom is 0.326 e. The SMILES string of the molecule is COC(=O)C1(N)CCCC1CCOC1CCCC1. The van der Waals surface area contributed by atoms with Crippen molar-refractivity contribution in [1.82, 2.24) is 0 Å². The molecule has 0 radical (unpaired) electrons. The topological polar surface area (TPSA) is 61.5 Å². The zero-order chi connectivity index (χ0) is 13.0. The number of methoxy groups -OCH3 is 1. The molecule has 0 saturated heterocycles. The van der Waals surface area contributed by atoms with Crippen LogP contribution in [-0.4, -0.2) is 31.3 Å². The standard InChI is InChI=1S/C14H25NO3/c1-17-13(16)14(15)9-4-5-11(14)8-10-18-12-6-2-3-7-12/h11-12H,2-10,15H2,1H3. The normalized spacial score (nSPS) is 32.9. The van der Waals surface area contributed by atoms with E-state index in [-0.39, 0.29) is 11.9 Å². The number of rotatable bonds is 5. The molecule has 18 heavy (non-hydrogen) atoms. The van der Waals surface area contributed by atoms with Crippen molar-refractivity contribution in [1.29, 1.82) is 0 Å². The zero-order valence-corrected chi connectivity index (χ0v) is 11.3. The zero-order valence-electron chi connectivity index (χ0n) is 11.3. The quantitative estimate of drug-likeness (QED) is 0.763. The molecule has 2 rings (SSSR count). The van der Waals surface area contributed by atoms with Gasteiger partial charge in [0, 0.05) is 6.61 Å². The molecule has 0 bridgehead atoms. The molecule has 0 spiro atoms. The highest BCUT2D eigenvalue weighted by Crippen LogP contribution is 2.37. The Balaban J connectivity index is 1.78. The van der Waals surface area contributed by atoms with Crippen LogP contribution in [0.5, 0.6) is 0 Å². The summed E-state index contributed by atoms with van der Waals surface area (Å²) in [5, 5.41) is 0. The Morgan fingerprint density at radius 1 is 1.28 bits per heavy atom. The first-order valence-electron chi connectivity index (χ1n) is 7.15. The van der Waals surface area contributed by atoms with Gasteiger partial charge in [0.1, 0.15) is 5.54 Å². The number of hydrogen-bond donors (Lipinski definition) is 1. The first kappa shape index (κ1) is 13.8. The molecular formula is C14H25NO3. The fourth-order valence-electron chi connectivity index (χ4n) is 3.40. The smallest absolute Gasteiger partial charge is 0.326 e. The molecule has 2 aliphatic rings. The lowest BCUT2D eigenvalue weighted by molar-refractivity contribution is -0.148. The van der Waals surface area contributed by atoms with Gasteiger partial charge in [-0.3, -0.25) is 4.79 Å². The van der Waals surface area contributed by atoms with Crippen molar-refractivity contribution in [2.24, 2.45) is 11.7 Å². The van der Waals surface area contributed by atoms with Gasteiger partial charge in [-0.25, -0.2) is 0 Å². The molecule has 0 aromatic rings. The summed E-state index contributed by atoms with van der Waals surface area (Å²) in [7, 11) is 1.42. The van der Waals surface area contributed by atoms with E-state index in [9.17, 15) is 4.79 Å². The van der Waals surface area contributed by atoms with Crippen LogP contribution in [-0.2, 0) is 14.3 Å². The van der Waals surface area contributed by atoms with Gasteiger partial charge in [0.05, 0.1) is 13.2 Å². The van der Waals surface area contributed by atoms with E-state index in [2.05, 4.69) is 0 Å². The van der Waals surface area contributed by atoms with E-state index in [1.165, 1.54) is 32.8 Å². The monoisotopic (exact) mass is 255 g/mol. The van der Waals surface area contributed by atoms with E-state index < -0.39 is 5.54 Å². The number of nitrogens with two attached hydrogens (primary N) is 1. The van der Waals surface area contributed by atoms with Crippen molar-refractivity contribution >= 4 is 5.97 Å². The van der Waals surface area contributed by atoms with Crippen LogP contribution in [0.4, 0.5) is 0 Å². The fourth-order valence-corrected chi connectivity index (χ4v) is 3.40. The summed E-state index contributed by atoms with van der Waals surface area (Å²) in [6.45, 7) is 0.727. The van der Waals surface area contributed by atoms with Crippen molar-refractivity contribution in [3.63, 3.8) is 0 Å². The first-order valence-corrected chi connectivity index (χ1v) is 7.15. The van der Waals surface area contributed by atoms with Crippen molar-refractivity contribution < 1.29 is 14.3 Å². The van der Waals surface area contributed by atoms with Gasteiger partial charge in [-0.1, -0.05) is 19.3 Å². The molecule has 104 valence electrons. The van der Waals surface area contributed by atoms with Crippen LogP contribution in [0.2, 0.25) is 0 Å². The van der Waals surface area contributed by atoms with Gasteiger partial charge < -0.3 is 15.2 Å². The molecule has 0 aromatic heterocycles. The second-order valence-corrected chi connectivity index (χ2v) is 5.69.